The number of hydrogen-bond acceptors (Lipinski definition) is 3. The molecule has 1 rings (SSSR count). The van der Waals surface area contributed by atoms with Crippen molar-refractivity contribution in [1.82, 2.24) is 4.72 Å². The Morgan fingerprint density at radius 1 is 1.31 bits per heavy atom. The lowest BCUT2D eigenvalue weighted by atomic mass is 10.1. The van der Waals surface area contributed by atoms with E-state index >= 15 is 0 Å². The van der Waals surface area contributed by atoms with Crippen LogP contribution in [0.15, 0.2) is 30.3 Å². The summed E-state index contributed by atoms with van der Waals surface area (Å²) < 4.78 is 25.6. The van der Waals surface area contributed by atoms with Crippen LogP contribution in [-0.2, 0) is 10.0 Å². The lowest BCUT2D eigenvalue weighted by Gasteiger charge is -2.16. The summed E-state index contributed by atoms with van der Waals surface area (Å²) in [5, 5.41) is 9.18. The third kappa shape index (κ3) is 3.92. The quantitative estimate of drug-likeness (QED) is 0.785. The Bertz CT molecular complexity index is 402. The van der Waals surface area contributed by atoms with Crippen molar-refractivity contribution < 1.29 is 13.5 Å². The largest absolute Gasteiger partial charge is 0.394 e. The molecule has 0 aliphatic rings. The zero-order valence-corrected chi connectivity index (χ0v) is 10.1. The Labute approximate surface area is 96.4 Å². The van der Waals surface area contributed by atoms with Crippen molar-refractivity contribution in [2.75, 3.05) is 12.4 Å². The Kier molecular flexibility index (Phi) is 4.92. The van der Waals surface area contributed by atoms with Crippen LogP contribution >= 0.6 is 0 Å². The van der Waals surface area contributed by atoms with E-state index < -0.39 is 16.1 Å². The fourth-order valence-corrected chi connectivity index (χ4v) is 2.74. The van der Waals surface area contributed by atoms with Gasteiger partial charge >= 0.3 is 0 Å². The molecule has 90 valence electrons. The lowest BCUT2D eigenvalue weighted by Crippen LogP contribution is -2.32. The molecule has 0 fully saturated rings. The van der Waals surface area contributed by atoms with Gasteiger partial charge in [0.1, 0.15) is 0 Å². The Morgan fingerprint density at radius 3 is 2.44 bits per heavy atom. The minimum Gasteiger partial charge on any atom is -0.394 e. The van der Waals surface area contributed by atoms with Crippen molar-refractivity contribution in [3.63, 3.8) is 0 Å². The molecule has 0 amide bonds. The summed E-state index contributed by atoms with van der Waals surface area (Å²) >= 11 is 0. The predicted octanol–water partition coefficient (Wildman–Crippen LogP) is 1.05. The SMILES string of the molecule is CCCS(=O)(=O)N[C@@H](CO)c1ccccc1. The number of nitrogens with one attached hydrogen (secondary N) is 1. The average molecular weight is 243 g/mol. The topological polar surface area (TPSA) is 66.4 Å². The molecular weight excluding hydrogens is 226 g/mol. The zero-order valence-electron chi connectivity index (χ0n) is 9.26. The van der Waals surface area contributed by atoms with Crippen LogP contribution in [0.3, 0.4) is 0 Å². The Hall–Kier alpha value is -0.910. The van der Waals surface area contributed by atoms with E-state index in [4.69, 9.17) is 0 Å². The summed E-state index contributed by atoms with van der Waals surface area (Å²) in [6.45, 7) is 1.56. The summed E-state index contributed by atoms with van der Waals surface area (Å²) in [5.41, 5.74) is 0.768. The van der Waals surface area contributed by atoms with Gasteiger partial charge in [0.05, 0.1) is 18.4 Å². The van der Waals surface area contributed by atoms with Crippen molar-refractivity contribution in [3.8, 4) is 0 Å². The zero-order chi connectivity index (χ0) is 12.0. The third-order valence-corrected chi connectivity index (χ3v) is 3.77. The van der Waals surface area contributed by atoms with Gasteiger partial charge in [-0.3, -0.25) is 0 Å². The van der Waals surface area contributed by atoms with Gasteiger partial charge in [-0.25, -0.2) is 13.1 Å². The molecule has 0 aromatic heterocycles. The van der Waals surface area contributed by atoms with E-state index in [2.05, 4.69) is 4.72 Å². The normalized spacial score (nSPS) is 13.6. The van der Waals surface area contributed by atoms with Crippen molar-refractivity contribution in [3.05, 3.63) is 35.9 Å². The highest BCUT2D eigenvalue weighted by Crippen LogP contribution is 2.12. The van der Waals surface area contributed by atoms with Crippen LogP contribution in [0.5, 0.6) is 0 Å². The minimum atomic E-state index is -3.30. The molecule has 0 aliphatic carbocycles. The van der Waals surface area contributed by atoms with Gasteiger partial charge in [-0.15, -0.1) is 0 Å². The highest BCUT2D eigenvalue weighted by molar-refractivity contribution is 7.89. The summed E-state index contributed by atoms with van der Waals surface area (Å²) in [6, 6.07) is 8.49. The molecule has 0 saturated carbocycles. The number of rotatable bonds is 6. The first-order chi connectivity index (χ1) is 7.59. The van der Waals surface area contributed by atoms with Gasteiger partial charge in [0.2, 0.25) is 10.0 Å². The van der Waals surface area contributed by atoms with Crippen molar-refractivity contribution >= 4 is 10.0 Å². The molecule has 1 aromatic carbocycles. The molecule has 5 heteroatoms. The van der Waals surface area contributed by atoms with E-state index in [0.717, 1.165) is 5.56 Å². The summed E-state index contributed by atoms with van der Waals surface area (Å²) in [5.74, 6) is 0.0797. The van der Waals surface area contributed by atoms with Crippen LogP contribution in [0.4, 0.5) is 0 Å². The van der Waals surface area contributed by atoms with E-state index in [0.29, 0.717) is 6.42 Å². The lowest BCUT2D eigenvalue weighted by molar-refractivity contribution is 0.259. The third-order valence-electron chi connectivity index (χ3n) is 2.18. The molecule has 0 saturated heterocycles. The van der Waals surface area contributed by atoms with Crippen LogP contribution in [-0.4, -0.2) is 25.9 Å². The van der Waals surface area contributed by atoms with E-state index in [1.54, 1.807) is 19.1 Å². The van der Waals surface area contributed by atoms with Gasteiger partial charge in [-0.2, -0.15) is 0 Å². The average Bonchev–Trinajstić information content (AvgIpc) is 2.27. The number of aliphatic hydroxyl groups excluding tert-OH is 1. The molecule has 1 aromatic rings. The number of aliphatic hydroxyl groups is 1. The standard InChI is InChI=1S/C11H17NO3S/c1-2-8-16(14,15)12-11(9-13)10-6-4-3-5-7-10/h3-7,11-13H,2,8-9H2,1H3/t11-/m0/s1. The Morgan fingerprint density at radius 2 is 1.94 bits per heavy atom. The first-order valence-electron chi connectivity index (χ1n) is 5.25. The van der Waals surface area contributed by atoms with Gasteiger partial charge in [-0.1, -0.05) is 37.3 Å². The smallest absolute Gasteiger partial charge is 0.212 e. The molecule has 0 radical (unpaired) electrons. The fourth-order valence-electron chi connectivity index (χ4n) is 1.44. The molecule has 0 heterocycles. The highest BCUT2D eigenvalue weighted by atomic mass is 32.2. The molecule has 1 atom stereocenters. The molecule has 16 heavy (non-hydrogen) atoms. The second kappa shape index (κ2) is 5.98. The van der Waals surface area contributed by atoms with Crippen molar-refractivity contribution in [2.24, 2.45) is 0 Å². The monoisotopic (exact) mass is 243 g/mol. The number of hydrogen-bond donors (Lipinski definition) is 2. The van der Waals surface area contributed by atoms with E-state index in [1.807, 2.05) is 18.2 Å². The van der Waals surface area contributed by atoms with Gasteiger partial charge in [0, 0.05) is 0 Å². The number of benzene rings is 1. The van der Waals surface area contributed by atoms with Crippen LogP contribution in [0, 0.1) is 0 Å². The van der Waals surface area contributed by atoms with Gasteiger partial charge in [-0.05, 0) is 12.0 Å². The van der Waals surface area contributed by atoms with Crippen LogP contribution in [0.25, 0.3) is 0 Å². The molecule has 2 N–H and O–H groups in total. The fraction of sp³-hybridized carbons (Fsp3) is 0.455. The minimum absolute atomic E-state index is 0.0797. The maximum Gasteiger partial charge on any atom is 0.212 e. The summed E-state index contributed by atoms with van der Waals surface area (Å²) in [4.78, 5) is 0. The van der Waals surface area contributed by atoms with Crippen LogP contribution in [0.2, 0.25) is 0 Å². The van der Waals surface area contributed by atoms with Gasteiger partial charge < -0.3 is 5.11 Å². The van der Waals surface area contributed by atoms with Gasteiger partial charge in [0.15, 0.2) is 0 Å². The first kappa shape index (κ1) is 13.2. The molecule has 0 bridgehead atoms. The van der Waals surface area contributed by atoms with Crippen LogP contribution < -0.4 is 4.72 Å². The number of sulfonamides is 1. The molecule has 0 unspecified atom stereocenters. The van der Waals surface area contributed by atoms with E-state index in [9.17, 15) is 13.5 Å². The molecular formula is C11H17NO3S. The van der Waals surface area contributed by atoms with Crippen molar-refractivity contribution in [1.29, 1.82) is 0 Å². The second-order valence-electron chi connectivity index (χ2n) is 3.58. The maximum atomic E-state index is 11.6. The van der Waals surface area contributed by atoms with Crippen LogP contribution in [0.1, 0.15) is 24.9 Å². The first-order valence-corrected chi connectivity index (χ1v) is 6.90. The summed E-state index contributed by atoms with van der Waals surface area (Å²) in [6.07, 6.45) is 0.558. The van der Waals surface area contributed by atoms with E-state index in [-0.39, 0.29) is 12.4 Å². The Balaban J connectivity index is 2.78. The molecule has 0 spiro atoms. The highest BCUT2D eigenvalue weighted by Gasteiger charge is 2.17. The molecule has 0 aliphatic heterocycles. The van der Waals surface area contributed by atoms with Gasteiger partial charge in [0.25, 0.3) is 0 Å². The van der Waals surface area contributed by atoms with Crippen molar-refractivity contribution in [2.45, 2.75) is 19.4 Å². The predicted molar refractivity (Wildman–Crippen MR) is 63.5 cm³/mol. The summed E-state index contributed by atoms with van der Waals surface area (Å²) in [7, 11) is -3.30. The molecule has 4 nitrogen and oxygen atoms in total. The second-order valence-corrected chi connectivity index (χ2v) is 5.46. The van der Waals surface area contributed by atoms with E-state index in [1.165, 1.54) is 0 Å². The maximum absolute atomic E-state index is 11.6.